The van der Waals surface area contributed by atoms with Gasteiger partial charge in [-0.05, 0) is 0 Å². The predicted octanol–water partition coefficient (Wildman–Crippen LogP) is 0.414. The molecule has 3 rings (SSSR count). The van der Waals surface area contributed by atoms with Crippen molar-refractivity contribution in [1.82, 2.24) is 19.3 Å². The number of nitrogens with two attached hydrogens (primary N) is 1. The molecule has 1 fully saturated rings. The van der Waals surface area contributed by atoms with Crippen LogP contribution in [-0.2, 0) is 14.3 Å². The quantitative estimate of drug-likeness (QED) is 0.821. The molecule has 0 aromatic carbocycles. The number of amides is 1. The van der Waals surface area contributed by atoms with E-state index in [4.69, 9.17) is 15.2 Å². The van der Waals surface area contributed by atoms with Gasteiger partial charge in [-0.1, -0.05) is 6.08 Å². The van der Waals surface area contributed by atoms with Crippen LogP contribution >= 0.6 is 0 Å². The molecule has 1 aliphatic heterocycles. The summed E-state index contributed by atoms with van der Waals surface area (Å²) in [6, 6.07) is -0.271. The molecule has 8 heteroatoms. The number of hydrogen-bond acceptors (Lipinski definition) is 6. The van der Waals surface area contributed by atoms with Crippen LogP contribution in [0.15, 0.2) is 30.7 Å². The van der Waals surface area contributed by atoms with E-state index in [1.54, 1.807) is 36.7 Å². The van der Waals surface area contributed by atoms with Crippen molar-refractivity contribution in [2.75, 3.05) is 39.2 Å². The molecule has 2 N–H and O–H groups in total. The minimum absolute atomic E-state index is 0.0888. The molecule has 1 aliphatic rings. The Morgan fingerprint density at radius 3 is 3.26 bits per heavy atom. The number of carbonyl (C=O) groups excluding carboxylic acids is 1. The van der Waals surface area contributed by atoms with Crippen molar-refractivity contribution in [2.45, 2.75) is 6.04 Å². The van der Waals surface area contributed by atoms with Crippen LogP contribution in [0.1, 0.15) is 11.9 Å². The number of fused-ring (bicyclic) bond motifs is 1. The van der Waals surface area contributed by atoms with Crippen LogP contribution in [0.25, 0.3) is 5.52 Å². The Hall–Kier alpha value is -2.45. The van der Waals surface area contributed by atoms with Gasteiger partial charge in [0.1, 0.15) is 23.2 Å². The van der Waals surface area contributed by atoms with Gasteiger partial charge in [0.25, 0.3) is 0 Å². The topological polar surface area (TPSA) is 95.0 Å². The van der Waals surface area contributed by atoms with Gasteiger partial charge in [-0.25, -0.2) is 9.97 Å². The monoisotopic (exact) mass is 317 g/mol. The number of nitrogens with zero attached hydrogens (tertiary/aromatic N) is 4. The molecule has 0 bridgehead atoms. The average molecular weight is 317 g/mol. The highest BCUT2D eigenvalue weighted by Crippen LogP contribution is 2.25. The first-order chi connectivity index (χ1) is 11.2. The normalized spacial score (nSPS) is 18.8. The molecule has 0 saturated carbocycles. The van der Waals surface area contributed by atoms with Crippen molar-refractivity contribution in [2.24, 2.45) is 0 Å². The van der Waals surface area contributed by atoms with Gasteiger partial charge in [0, 0.05) is 32.1 Å². The van der Waals surface area contributed by atoms with E-state index in [2.05, 4.69) is 9.97 Å². The first kappa shape index (κ1) is 15.4. The van der Waals surface area contributed by atoms with E-state index < -0.39 is 0 Å². The van der Waals surface area contributed by atoms with Gasteiger partial charge < -0.3 is 20.1 Å². The van der Waals surface area contributed by atoms with Crippen LogP contribution in [-0.4, -0.2) is 58.7 Å². The van der Waals surface area contributed by atoms with Crippen LogP contribution in [0.4, 0.5) is 5.82 Å². The third kappa shape index (κ3) is 3.03. The van der Waals surface area contributed by atoms with Gasteiger partial charge in [0.15, 0.2) is 0 Å². The van der Waals surface area contributed by atoms with E-state index in [0.29, 0.717) is 38.0 Å². The first-order valence-electron chi connectivity index (χ1n) is 7.33. The molecule has 122 valence electrons. The minimum atomic E-state index is -0.271. The Balaban J connectivity index is 1.91. The number of methoxy groups -OCH3 is 1. The summed E-state index contributed by atoms with van der Waals surface area (Å²) in [5.41, 5.74) is 6.58. The van der Waals surface area contributed by atoms with Crippen molar-refractivity contribution in [3.8, 4) is 0 Å². The van der Waals surface area contributed by atoms with Gasteiger partial charge in [-0.2, -0.15) is 0 Å². The molecule has 0 radical (unpaired) electrons. The SMILES string of the molecule is COCC=CC(=O)N1CCOCC1c1ncc2c(N)nccn12. The maximum atomic E-state index is 12.4. The van der Waals surface area contributed by atoms with E-state index in [1.165, 1.54) is 6.08 Å². The number of anilines is 1. The van der Waals surface area contributed by atoms with E-state index in [-0.39, 0.29) is 11.9 Å². The van der Waals surface area contributed by atoms with E-state index in [9.17, 15) is 4.79 Å². The standard InChI is InChI=1S/C15H19N5O3/c1-22-7-2-3-13(21)19-6-8-23-10-12(19)15-18-9-11-14(16)17-4-5-20(11)15/h2-5,9,12H,6-8,10H2,1H3,(H2,16,17). The zero-order valence-electron chi connectivity index (χ0n) is 12.9. The Morgan fingerprint density at radius 1 is 1.57 bits per heavy atom. The number of morpholine rings is 1. The summed E-state index contributed by atoms with van der Waals surface area (Å²) in [5, 5.41) is 0. The first-order valence-corrected chi connectivity index (χ1v) is 7.33. The van der Waals surface area contributed by atoms with Crippen molar-refractivity contribution >= 4 is 17.2 Å². The van der Waals surface area contributed by atoms with Gasteiger partial charge in [0.05, 0.1) is 26.0 Å². The van der Waals surface area contributed by atoms with Gasteiger partial charge >= 0.3 is 0 Å². The molecule has 2 aromatic rings. The second-order valence-corrected chi connectivity index (χ2v) is 5.16. The molecule has 3 heterocycles. The van der Waals surface area contributed by atoms with Crippen molar-refractivity contribution in [1.29, 1.82) is 0 Å². The number of nitrogen functional groups attached to an aromatic ring is 1. The Morgan fingerprint density at radius 2 is 2.43 bits per heavy atom. The zero-order valence-corrected chi connectivity index (χ0v) is 12.9. The third-order valence-electron chi connectivity index (χ3n) is 3.75. The Kier molecular flexibility index (Phi) is 4.54. The van der Waals surface area contributed by atoms with Crippen molar-refractivity contribution < 1.29 is 14.3 Å². The molecular formula is C15H19N5O3. The molecule has 8 nitrogen and oxygen atoms in total. The molecule has 0 aliphatic carbocycles. The number of carbonyl (C=O) groups is 1. The third-order valence-corrected chi connectivity index (χ3v) is 3.75. The fourth-order valence-electron chi connectivity index (χ4n) is 2.64. The van der Waals surface area contributed by atoms with E-state index in [0.717, 1.165) is 5.52 Å². The number of aromatic nitrogens is 3. The van der Waals surface area contributed by atoms with Gasteiger partial charge in [0.2, 0.25) is 5.91 Å². The fourth-order valence-corrected chi connectivity index (χ4v) is 2.64. The molecule has 1 saturated heterocycles. The Labute approximate surface area is 133 Å². The molecule has 2 aromatic heterocycles. The summed E-state index contributed by atoms with van der Waals surface area (Å²) in [5.74, 6) is 1.03. The highest BCUT2D eigenvalue weighted by molar-refractivity contribution is 5.88. The smallest absolute Gasteiger partial charge is 0.247 e. The zero-order chi connectivity index (χ0) is 16.2. The van der Waals surface area contributed by atoms with Gasteiger partial charge in [-0.3, -0.25) is 9.20 Å². The van der Waals surface area contributed by atoms with Crippen molar-refractivity contribution in [3.63, 3.8) is 0 Å². The maximum absolute atomic E-state index is 12.4. The Bertz CT molecular complexity index is 727. The van der Waals surface area contributed by atoms with Crippen LogP contribution in [0.3, 0.4) is 0 Å². The maximum Gasteiger partial charge on any atom is 0.247 e. The molecule has 0 spiro atoms. The molecule has 23 heavy (non-hydrogen) atoms. The number of imidazole rings is 1. The molecule has 1 unspecified atom stereocenters. The largest absolute Gasteiger partial charge is 0.382 e. The summed E-state index contributed by atoms with van der Waals surface area (Å²) in [6.45, 7) is 1.81. The number of hydrogen-bond donors (Lipinski definition) is 1. The summed E-state index contributed by atoms with van der Waals surface area (Å²) < 4.78 is 12.3. The second-order valence-electron chi connectivity index (χ2n) is 5.16. The molecule has 1 amide bonds. The lowest BCUT2D eigenvalue weighted by Gasteiger charge is -2.34. The minimum Gasteiger partial charge on any atom is -0.382 e. The average Bonchev–Trinajstić information content (AvgIpc) is 3.00. The van der Waals surface area contributed by atoms with Crippen LogP contribution in [0.5, 0.6) is 0 Å². The van der Waals surface area contributed by atoms with E-state index in [1.807, 2.05) is 4.40 Å². The predicted molar refractivity (Wildman–Crippen MR) is 83.7 cm³/mol. The summed E-state index contributed by atoms with van der Waals surface area (Å²) >= 11 is 0. The van der Waals surface area contributed by atoms with Crippen LogP contribution in [0.2, 0.25) is 0 Å². The lowest BCUT2D eigenvalue weighted by atomic mass is 10.2. The highest BCUT2D eigenvalue weighted by Gasteiger charge is 2.30. The summed E-state index contributed by atoms with van der Waals surface area (Å²) in [7, 11) is 1.58. The van der Waals surface area contributed by atoms with Crippen LogP contribution < -0.4 is 5.73 Å². The van der Waals surface area contributed by atoms with Gasteiger partial charge in [-0.15, -0.1) is 0 Å². The molecular weight excluding hydrogens is 298 g/mol. The summed E-state index contributed by atoms with van der Waals surface area (Å²) in [6.07, 6.45) is 8.28. The molecule has 1 atom stereocenters. The number of ether oxygens (including phenoxy) is 2. The van der Waals surface area contributed by atoms with Crippen LogP contribution in [0, 0.1) is 0 Å². The van der Waals surface area contributed by atoms with Crippen molar-refractivity contribution in [3.05, 3.63) is 36.6 Å². The fraction of sp³-hybridized carbons (Fsp3) is 0.400. The highest BCUT2D eigenvalue weighted by atomic mass is 16.5. The second kappa shape index (κ2) is 6.76. The van der Waals surface area contributed by atoms with E-state index >= 15 is 0 Å². The lowest BCUT2D eigenvalue weighted by Crippen LogP contribution is -2.43. The lowest BCUT2D eigenvalue weighted by molar-refractivity contribution is -0.135. The number of rotatable bonds is 4. The summed E-state index contributed by atoms with van der Waals surface area (Å²) in [4.78, 5) is 22.7.